The molecule has 5 rings (SSSR count). The second-order valence-corrected chi connectivity index (χ2v) is 9.14. The molecule has 4 saturated carbocycles. The van der Waals surface area contributed by atoms with Crippen LogP contribution in [0.5, 0.6) is 0 Å². The molecule has 23 heavy (non-hydrogen) atoms. The summed E-state index contributed by atoms with van der Waals surface area (Å²) in [6.45, 7) is 3.23. The van der Waals surface area contributed by atoms with E-state index in [4.69, 9.17) is 0 Å². The van der Waals surface area contributed by atoms with E-state index in [1.807, 2.05) is 11.8 Å². The summed E-state index contributed by atoms with van der Waals surface area (Å²) in [6.07, 6.45) is 9.38. The topological polar surface area (TPSA) is 57.6 Å². The minimum atomic E-state index is -0.703. The standard InChI is InChI=1S/C19H29NO3/c1-12-11-20(3-2-16(12)18(22)23)17(21)10-19-7-13-4-14(8-19)6-15(5-13)9-19/h12-16H,2-11H2,1H3,(H,22,23). The zero-order valence-corrected chi connectivity index (χ0v) is 14.2. The second kappa shape index (κ2) is 5.49. The molecule has 0 aromatic rings. The fraction of sp³-hybridized carbons (Fsp3) is 0.895. The molecule has 2 unspecified atom stereocenters. The molecule has 1 amide bonds. The lowest BCUT2D eigenvalue weighted by molar-refractivity contribution is -0.150. The SMILES string of the molecule is CC1CN(C(=O)CC23CC4CC(CC(C4)C2)C3)CCC1C(=O)O. The molecule has 4 nitrogen and oxygen atoms in total. The van der Waals surface area contributed by atoms with Gasteiger partial charge < -0.3 is 10.0 Å². The second-order valence-electron chi connectivity index (χ2n) is 9.14. The van der Waals surface area contributed by atoms with Crippen molar-refractivity contribution in [1.82, 2.24) is 4.90 Å². The predicted molar refractivity (Wildman–Crippen MR) is 86.7 cm³/mol. The first-order valence-electron chi connectivity index (χ1n) is 9.45. The Morgan fingerprint density at radius 2 is 1.65 bits per heavy atom. The van der Waals surface area contributed by atoms with E-state index in [-0.39, 0.29) is 11.8 Å². The number of carboxylic acids is 1. The van der Waals surface area contributed by atoms with Gasteiger partial charge in [-0.2, -0.15) is 0 Å². The lowest BCUT2D eigenvalue weighted by atomic mass is 9.49. The molecule has 1 heterocycles. The minimum Gasteiger partial charge on any atom is -0.481 e. The number of aliphatic carboxylic acids is 1. The highest BCUT2D eigenvalue weighted by Gasteiger charge is 2.52. The quantitative estimate of drug-likeness (QED) is 0.869. The van der Waals surface area contributed by atoms with E-state index in [2.05, 4.69) is 0 Å². The molecule has 4 aliphatic carbocycles. The van der Waals surface area contributed by atoms with Gasteiger partial charge in [0.2, 0.25) is 5.91 Å². The summed E-state index contributed by atoms with van der Waals surface area (Å²) in [6, 6.07) is 0. The summed E-state index contributed by atoms with van der Waals surface area (Å²) in [5.41, 5.74) is 0.290. The van der Waals surface area contributed by atoms with Gasteiger partial charge in [-0.15, -0.1) is 0 Å². The van der Waals surface area contributed by atoms with Crippen molar-refractivity contribution in [3.05, 3.63) is 0 Å². The van der Waals surface area contributed by atoms with Gasteiger partial charge in [0, 0.05) is 19.5 Å². The number of carboxylic acid groups (broad SMARTS) is 1. The van der Waals surface area contributed by atoms with Crippen LogP contribution in [-0.4, -0.2) is 35.0 Å². The molecule has 0 radical (unpaired) electrons. The highest BCUT2D eigenvalue weighted by Crippen LogP contribution is 2.61. The van der Waals surface area contributed by atoms with Crippen molar-refractivity contribution in [2.45, 2.75) is 58.3 Å². The van der Waals surface area contributed by atoms with Gasteiger partial charge in [-0.25, -0.2) is 0 Å². The van der Waals surface area contributed by atoms with Crippen LogP contribution in [0.1, 0.15) is 58.3 Å². The highest BCUT2D eigenvalue weighted by molar-refractivity contribution is 5.78. The third-order valence-corrected chi connectivity index (χ3v) is 7.27. The van der Waals surface area contributed by atoms with E-state index in [0.29, 0.717) is 30.8 Å². The number of hydrogen-bond acceptors (Lipinski definition) is 2. The van der Waals surface area contributed by atoms with Gasteiger partial charge >= 0.3 is 5.97 Å². The summed E-state index contributed by atoms with van der Waals surface area (Å²) < 4.78 is 0. The van der Waals surface area contributed by atoms with E-state index in [0.717, 1.165) is 24.2 Å². The molecule has 4 bridgehead atoms. The zero-order valence-electron chi connectivity index (χ0n) is 14.2. The summed E-state index contributed by atoms with van der Waals surface area (Å²) in [4.78, 5) is 26.1. The molecule has 128 valence electrons. The van der Waals surface area contributed by atoms with Gasteiger partial charge in [-0.05, 0) is 74.0 Å². The van der Waals surface area contributed by atoms with Crippen molar-refractivity contribution >= 4 is 11.9 Å². The molecule has 5 fully saturated rings. The Labute approximate surface area is 138 Å². The number of carbonyl (C=O) groups excluding carboxylic acids is 1. The van der Waals surface area contributed by atoms with E-state index >= 15 is 0 Å². The van der Waals surface area contributed by atoms with Crippen LogP contribution < -0.4 is 0 Å². The Kier molecular flexibility index (Phi) is 3.69. The number of likely N-dealkylation sites (tertiary alicyclic amines) is 1. The van der Waals surface area contributed by atoms with Crippen LogP contribution in [0.3, 0.4) is 0 Å². The number of amides is 1. The average Bonchev–Trinajstić information content (AvgIpc) is 2.44. The fourth-order valence-electron chi connectivity index (χ4n) is 6.68. The van der Waals surface area contributed by atoms with Crippen LogP contribution in [0.25, 0.3) is 0 Å². The van der Waals surface area contributed by atoms with Crippen LogP contribution in [0.2, 0.25) is 0 Å². The number of carbonyl (C=O) groups is 2. The number of nitrogens with zero attached hydrogens (tertiary/aromatic N) is 1. The van der Waals surface area contributed by atoms with E-state index in [1.54, 1.807) is 0 Å². The van der Waals surface area contributed by atoms with Crippen molar-refractivity contribution in [2.75, 3.05) is 13.1 Å². The number of piperidine rings is 1. The highest BCUT2D eigenvalue weighted by atomic mass is 16.4. The lowest BCUT2D eigenvalue weighted by Gasteiger charge is -2.57. The first-order valence-corrected chi connectivity index (χ1v) is 9.45. The van der Waals surface area contributed by atoms with Gasteiger partial charge in [0.15, 0.2) is 0 Å². The first kappa shape index (κ1) is 15.5. The number of rotatable bonds is 3. The van der Waals surface area contributed by atoms with E-state index in [9.17, 15) is 14.7 Å². The van der Waals surface area contributed by atoms with Crippen molar-refractivity contribution in [3.63, 3.8) is 0 Å². The molecule has 0 aromatic carbocycles. The van der Waals surface area contributed by atoms with Gasteiger partial charge in [0.25, 0.3) is 0 Å². The van der Waals surface area contributed by atoms with Gasteiger partial charge in [0.05, 0.1) is 5.92 Å². The Hall–Kier alpha value is -1.06. The molecule has 4 heteroatoms. The predicted octanol–water partition coefficient (Wildman–Crippen LogP) is 3.16. The molecule has 0 aromatic heterocycles. The minimum absolute atomic E-state index is 0.0709. The summed E-state index contributed by atoms with van der Waals surface area (Å²) in [5.74, 6) is 2.02. The first-order chi connectivity index (χ1) is 10.9. The largest absolute Gasteiger partial charge is 0.481 e. The number of hydrogen-bond donors (Lipinski definition) is 1. The molecule has 0 spiro atoms. The summed E-state index contributed by atoms with van der Waals surface area (Å²) in [5, 5.41) is 9.24. The maximum atomic E-state index is 12.9. The van der Waals surface area contributed by atoms with Crippen molar-refractivity contribution < 1.29 is 14.7 Å². The van der Waals surface area contributed by atoms with Crippen LogP contribution in [0.4, 0.5) is 0 Å². The maximum Gasteiger partial charge on any atom is 0.306 e. The smallest absolute Gasteiger partial charge is 0.306 e. The Bertz CT molecular complexity index is 479. The van der Waals surface area contributed by atoms with E-state index < -0.39 is 5.97 Å². The summed E-state index contributed by atoms with van der Waals surface area (Å²) >= 11 is 0. The van der Waals surface area contributed by atoms with Crippen molar-refractivity contribution in [3.8, 4) is 0 Å². The third-order valence-electron chi connectivity index (χ3n) is 7.27. The average molecular weight is 319 g/mol. The fourth-order valence-corrected chi connectivity index (χ4v) is 6.68. The molecule has 1 N–H and O–H groups in total. The molecular weight excluding hydrogens is 290 g/mol. The van der Waals surface area contributed by atoms with Gasteiger partial charge in [-0.1, -0.05) is 6.92 Å². The monoisotopic (exact) mass is 319 g/mol. The van der Waals surface area contributed by atoms with E-state index in [1.165, 1.54) is 38.5 Å². The van der Waals surface area contributed by atoms with Crippen LogP contribution in [-0.2, 0) is 9.59 Å². The van der Waals surface area contributed by atoms with Crippen molar-refractivity contribution in [1.29, 1.82) is 0 Å². The molecular formula is C19H29NO3. The maximum absolute atomic E-state index is 12.9. The van der Waals surface area contributed by atoms with Gasteiger partial charge in [-0.3, -0.25) is 9.59 Å². The Morgan fingerprint density at radius 3 is 2.13 bits per heavy atom. The molecule has 1 aliphatic heterocycles. The third kappa shape index (κ3) is 2.78. The van der Waals surface area contributed by atoms with Crippen LogP contribution in [0.15, 0.2) is 0 Å². The molecule has 1 saturated heterocycles. The normalized spacial score (nSPS) is 45.3. The van der Waals surface area contributed by atoms with Crippen LogP contribution >= 0.6 is 0 Å². The molecule has 2 atom stereocenters. The Morgan fingerprint density at radius 1 is 1.09 bits per heavy atom. The van der Waals surface area contributed by atoms with Gasteiger partial charge in [0.1, 0.15) is 0 Å². The lowest BCUT2D eigenvalue weighted by Crippen LogP contribution is -2.50. The summed E-state index contributed by atoms with van der Waals surface area (Å²) in [7, 11) is 0. The van der Waals surface area contributed by atoms with Crippen LogP contribution in [0, 0.1) is 35.0 Å². The Balaban J connectivity index is 1.40. The zero-order chi connectivity index (χ0) is 16.2. The van der Waals surface area contributed by atoms with Crippen molar-refractivity contribution in [2.24, 2.45) is 35.0 Å². The molecule has 5 aliphatic rings.